The maximum atomic E-state index is 12.3. The van der Waals surface area contributed by atoms with Crippen LogP contribution in [-0.2, 0) is 0 Å². The molecule has 0 saturated heterocycles. The number of nitrogens with zero attached hydrogens (tertiary/aromatic N) is 1. The molecule has 3 N–H and O–H groups in total. The Bertz CT molecular complexity index is 720. The maximum absolute atomic E-state index is 12.3. The van der Waals surface area contributed by atoms with Crippen LogP contribution in [0.1, 0.15) is 21.5 Å². The van der Waals surface area contributed by atoms with E-state index >= 15 is 0 Å². The number of nitrogens with one attached hydrogen (secondary N) is 1. The van der Waals surface area contributed by atoms with Gasteiger partial charge in [0.1, 0.15) is 6.07 Å². The zero-order valence-corrected chi connectivity index (χ0v) is 12.4. The predicted molar refractivity (Wildman–Crippen MR) is 82.4 cm³/mol. The van der Waals surface area contributed by atoms with Gasteiger partial charge in [-0.2, -0.15) is 5.26 Å². The van der Waals surface area contributed by atoms with Crippen LogP contribution in [-0.4, -0.2) is 5.91 Å². The van der Waals surface area contributed by atoms with Gasteiger partial charge < -0.3 is 11.1 Å². The molecule has 20 heavy (non-hydrogen) atoms. The highest BCUT2D eigenvalue weighted by molar-refractivity contribution is 9.10. The van der Waals surface area contributed by atoms with Crippen LogP contribution in [0.4, 0.5) is 11.4 Å². The molecule has 1 amide bonds. The fraction of sp³-hybridized carbons (Fsp3) is 0.0667. The first-order valence-electron chi connectivity index (χ1n) is 5.88. The second kappa shape index (κ2) is 5.76. The van der Waals surface area contributed by atoms with E-state index in [9.17, 15) is 4.79 Å². The van der Waals surface area contributed by atoms with Gasteiger partial charge in [-0.25, -0.2) is 0 Å². The van der Waals surface area contributed by atoms with Crippen LogP contribution < -0.4 is 11.1 Å². The van der Waals surface area contributed by atoms with Crippen molar-refractivity contribution in [3.63, 3.8) is 0 Å². The third-order valence-electron chi connectivity index (χ3n) is 2.78. The number of nitrogens with two attached hydrogens (primary N) is 1. The van der Waals surface area contributed by atoms with Crippen molar-refractivity contribution in [3.8, 4) is 6.07 Å². The molecule has 100 valence electrons. The van der Waals surface area contributed by atoms with Gasteiger partial charge in [0, 0.05) is 10.2 Å². The van der Waals surface area contributed by atoms with Crippen molar-refractivity contribution in [2.45, 2.75) is 6.92 Å². The van der Waals surface area contributed by atoms with Gasteiger partial charge in [0.05, 0.1) is 16.8 Å². The number of benzene rings is 2. The summed E-state index contributed by atoms with van der Waals surface area (Å²) in [5.74, 6) is -0.276. The second-order valence-corrected chi connectivity index (χ2v) is 5.21. The Labute approximate surface area is 125 Å². The molecule has 0 aliphatic carbocycles. The Morgan fingerprint density at radius 1 is 1.30 bits per heavy atom. The van der Waals surface area contributed by atoms with E-state index in [1.54, 1.807) is 18.2 Å². The van der Waals surface area contributed by atoms with Crippen molar-refractivity contribution in [1.29, 1.82) is 5.26 Å². The summed E-state index contributed by atoms with van der Waals surface area (Å²) in [6.45, 7) is 1.91. The largest absolute Gasteiger partial charge is 0.399 e. The summed E-state index contributed by atoms with van der Waals surface area (Å²) in [4.78, 5) is 12.3. The minimum atomic E-state index is -0.276. The normalized spacial score (nSPS) is 9.85. The van der Waals surface area contributed by atoms with Gasteiger partial charge >= 0.3 is 0 Å². The fourth-order valence-electron chi connectivity index (χ4n) is 1.77. The molecule has 0 aromatic heterocycles. The van der Waals surface area contributed by atoms with Crippen molar-refractivity contribution in [1.82, 2.24) is 0 Å². The number of carbonyl (C=O) groups is 1. The highest BCUT2D eigenvalue weighted by Crippen LogP contribution is 2.22. The van der Waals surface area contributed by atoms with E-state index in [1.165, 1.54) is 6.07 Å². The number of nitriles is 1. The Morgan fingerprint density at radius 3 is 2.75 bits per heavy atom. The third kappa shape index (κ3) is 2.98. The minimum Gasteiger partial charge on any atom is -0.399 e. The zero-order valence-electron chi connectivity index (χ0n) is 10.8. The number of carbonyl (C=O) groups excluding carboxylic acids is 1. The molecule has 4 nitrogen and oxygen atoms in total. The quantitative estimate of drug-likeness (QED) is 0.828. The Morgan fingerprint density at radius 2 is 2.05 bits per heavy atom. The Balaban J connectivity index is 2.33. The average Bonchev–Trinajstić information content (AvgIpc) is 2.43. The summed E-state index contributed by atoms with van der Waals surface area (Å²) in [6.07, 6.45) is 0. The molecule has 0 heterocycles. The van der Waals surface area contributed by atoms with E-state index < -0.39 is 0 Å². The van der Waals surface area contributed by atoms with E-state index in [0.717, 1.165) is 5.56 Å². The molecule has 2 rings (SSSR count). The summed E-state index contributed by atoms with van der Waals surface area (Å²) < 4.78 is 0.703. The lowest BCUT2D eigenvalue weighted by Crippen LogP contribution is -2.14. The van der Waals surface area contributed by atoms with E-state index in [2.05, 4.69) is 21.2 Å². The molecule has 5 heteroatoms. The first-order chi connectivity index (χ1) is 9.51. The van der Waals surface area contributed by atoms with Crippen molar-refractivity contribution in [3.05, 3.63) is 57.6 Å². The van der Waals surface area contributed by atoms with Crippen LogP contribution in [0, 0.1) is 18.3 Å². The van der Waals surface area contributed by atoms with Crippen LogP contribution in [0.15, 0.2) is 40.9 Å². The maximum Gasteiger partial charge on any atom is 0.256 e. The van der Waals surface area contributed by atoms with Gasteiger partial charge in [-0.1, -0.05) is 11.6 Å². The molecule has 0 aliphatic rings. The van der Waals surface area contributed by atoms with Crippen molar-refractivity contribution in [2.24, 2.45) is 0 Å². The molecule has 2 aromatic rings. The number of rotatable bonds is 2. The zero-order chi connectivity index (χ0) is 14.7. The molecular formula is C15H12BrN3O. The lowest BCUT2D eigenvalue weighted by Gasteiger charge is -2.09. The van der Waals surface area contributed by atoms with Gasteiger partial charge in [-0.05, 0) is 53.2 Å². The van der Waals surface area contributed by atoms with Crippen molar-refractivity contribution >= 4 is 33.2 Å². The number of anilines is 2. The second-order valence-electron chi connectivity index (χ2n) is 4.35. The van der Waals surface area contributed by atoms with Gasteiger partial charge in [-0.3, -0.25) is 4.79 Å². The molecule has 0 atom stereocenters. The molecule has 0 unspecified atom stereocenters. The SMILES string of the molecule is Cc1ccc(Br)c(C(=O)Nc2ccc(N)cc2C#N)c1. The number of halogens is 1. The van der Waals surface area contributed by atoms with Crippen LogP contribution in [0.2, 0.25) is 0 Å². The molecule has 0 radical (unpaired) electrons. The van der Waals surface area contributed by atoms with Gasteiger partial charge in [-0.15, -0.1) is 0 Å². The van der Waals surface area contributed by atoms with Crippen LogP contribution in [0.5, 0.6) is 0 Å². The molecule has 2 aromatic carbocycles. The van der Waals surface area contributed by atoms with Gasteiger partial charge in [0.25, 0.3) is 5.91 Å². The number of amides is 1. The summed E-state index contributed by atoms with van der Waals surface area (Å²) in [6, 6.07) is 12.3. The number of hydrogen-bond donors (Lipinski definition) is 2. The van der Waals surface area contributed by atoms with E-state index in [4.69, 9.17) is 11.0 Å². The third-order valence-corrected chi connectivity index (χ3v) is 3.47. The van der Waals surface area contributed by atoms with E-state index in [0.29, 0.717) is 27.0 Å². The number of aryl methyl sites for hydroxylation is 1. The van der Waals surface area contributed by atoms with Crippen LogP contribution >= 0.6 is 15.9 Å². The molecule has 0 saturated carbocycles. The number of hydrogen-bond acceptors (Lipinski definition) is 3. The van der Waals surface area contributed by atoms with Crippen molar-refractivity contribution in [2.75, 3.05) is 11.1 Å². The summed E-state index contributed by atoms with van der Waals surface area (Å²) >= 11 is 3.35. The van der Waals surface area contributed by atoms with Gasteiger partial charge in [0.2, 0.25) is 0 Å². The molecule has 0 fully saturated rings. The first-order valence-corrected chi connectivity index (χ1v) is 6.67. The average molecular weight is 330 g/mol. The fourth-order valence-corrected chi connectivity index (χ4v) is 2.19. The minimum absolute atomic E-state index is 0.276. The number of nitrogen functional groups attached to an aromatic ring is 1. The summed E-state index contributed by atoms with van der Waals surface area (Å²) in [5.41, 5.74) is 8.38. The smallest absolute Gasteiger partial charge is 0.256 e. The molecule has 0 aliphatic heterocycles. The van der Waals surface area contributed by atoms with Crippen LogP contribution in [0.3, 0.4) is 0 Å². The highest BCUT2D eigenvalue weighted by Gasteiger charge is 2.12. The molecule has 0 spiro atoms. The first kappa shape index (κ1) is 14.1. The Hall–Kier alpha value is -2.32. The predicted octanol–water partition coefficient (Wildman–Crippen LogP) is 3.46. The van der Waals surface area contributed by atoms with Crippen molar-refractivity contribution < 1.29 is 4.79 Å². The summed E-state index contributed by atoms with van der Waals surface area (Å²) in [5, 5.41) is 11.8. The summed E-state index contributed by atoms with van der Waals surface area (Å²) in [7, 11) is 0. The Kier molecular flexibility index (Phi) is 4.06. The standard InChI is InChI=1S/C15H12BrN3O/c1-9-2-4-13(16)12(6-9)15(20)19-14-5-3-11(18)7-10(14)8-17/h2-7H,18H2,1H3,(H,19,20). The van der Waals surface area contributed by atoms with E-state index in [1.807, 2.05) is 25.1 Å². The topological polar surface area (TPSA) is 78.9 Å². The molecule has 0 bridgehead atoms. The molecular weight excluding hydrogens is 318 g/mol. The lowest BCUT2D eigenvalue weighted by atomic mass is 10.1. The van der Waals surface area contributed by atoms with E-state index in [-0.39, 0.29) is 5.91 Å². The van der Waals surface area contributed by atoms with Gasteiger partial charge in [0.15, 0.2) is 0 Å². The van der Waals surface area contributed by atoms with Crippen LogP contribution in [0.25, 0.3) is 0 Å². The monoisotopic (exact) mass is 329 g/mol. The highest BCUT2D eigenvalue weighted by atomic mass is 79.9. The lowest BCUT2D eigenvalue weighted by molar-refractivity contribution is 0.102.